The van der Waals surface area contributed by atoms with Crippen LogP contribution < -0.4 is 10.5 Å². The predicted molar refractivity (Wildman–Crippen MR) is 67.9 cm³/mol. The Balaban J connectivity index is 2.54. The first kappa shape index (κ1) is 11.7. The van der Waals surface area contributed by atoms with Crippen molar-refractivity contribution in [1.29, 1.82) is 0 Å². The number of hydrogen-bond acceptors (Lipinski definition) is 3. The molecule has 0 atom stereocenters. The molecule has 1 aromatic heterocycles. The van der Waals surface area contributed by atoms with Gasteiger partial charge in [-0.3, -0.25) is 5.10 Å². The van der Waals surface area contributed by atoms with Gasteiger partial charge in [0.1, 0.15) is 5.75 Å². The number of hydrogen-bond donors (Lipinski definition) is 2. The number of benzene rings is 1. The topological polar surface area (TPSA) is 63.9 Å². The Morgan fingerprint density at radius 3 is 2.47 bits per heavy atom. The number of nitrogens with zero attached hydrogens (tertiary/aromatic N) is 1. The van der Waals surface area contributed by atoms with Gasteiger partial charge in [-0.2, -0.15) is 5.10 Å². The molecule has 3 N–H and O–H groups in total. The smallest absolute Gasteiger partial charge is 0.124 e. The van der Waals surface area contributed by atoms with Crippen LogP contribution in [-0.4, -0.2) is 17.3 Å². The molecule has 0 radical (unpaired) electrons. The summed E-state index contributed by atoms with van der Waals surface area (Å²) in [5.74, 6) is 0.933. The SMILES string of the molecule is COc1c(C)cc(-c2[nH]ncc2CN)cc1C. The number of rotatable bonds is 3. The first-order valence-electron chi connectivity index (χ1n) is 5.55. The lowest BCUT2D eigenvalue weighted by molar-refractivity contribution is 0.408. The molecule has 0 spiro atoms. The Morgan fingerprint density at radius 2 is 1.94 bits per heavy atom. The number of methoxy groups -OCH3 is 1. The zero-order valence-electron chi connectivity index (χ0n) is 10.4. The van der Waals surface area contributed by atoms with Gasteiger partial charge in [-0.05, 0) is 37.1 Å². The molecule has 0 amide bonds. The van der Waals surface area contributed by atoms with E-state index < -0.39 is 0 Å². The van der Waals surface area contributed by atoms with E-state index in [0.717, 1.165) is 33.7 Å². The molecule has 1 aromatic carbocycles. The van der Waals surface area contributed by atoms with E-state index in [1.54, 1.807) is 13.3 Å². The van der Waals surface area contributed by atoms with Crippen molar-refractivity contribution >= 4 is 0 Å². The fraction of sp³-hybridized carbons (Fsp3) is 0.308. The molecule has 0 unspecified atom stereocenters. The van der Waals surface area contributed by atoms with Crippen LogP contribution in [0.3, 0.4) is 0 Å². The van der Waals surface area contributed by atoms with Crippen LogP contribution >= 0.6 is 0 Å². The van der Waals surface area contributed by atoms with Gasteiger partial charge in [-0.1, -0.05) is 0 Å². The molecule has 2 aromatic rings. The van der Waals surface area contributed by atoms with Gasteiger partial charge >= 0.3 is 0 Å². The molecule has 0 saturated carbocycles. The lowest BCUT2D eigenvalue weighted by Gasteiger charge is -2.11. The molecule has 17 heavy (non-hydrogen) atoms. The first-order valence-corrected chi connectivity index (χ1v) is 5.55. The van der Waals surface area contributed by atoms with Gasteiger partial charge in [0.25, 0.3) is 0 Å². The predicted octanol–water partition coefficient (Wildman–Crippen LogP) is 2.16. The summed E-state index contributed by atoms with van der Waals surface area (Å²) in [6, 6.07) is 4.16. The summed E-state index contributed by atoms with van der Waals surface area (Å²) in [7, 11) is 1.69. The average Bonchev–Trinajstić information content (AvgIpc) is 2.76. The van der Waals surface area contributed by atoms with Crippen molar-refractivity contribution in [2.24, 2.45) is 5.73 Å². The molecule has 0 saturated heterocycles. The molecule has 90 valence electrons. The molecule has 2 rings (SSSR count). The fourth-order valence-corrected chi connectivity index (χ4v) is 2.13. The van der Waals surface area contributed by atoms with E-state index >= 15 is 0 Å². The molecule has 0 fully saturated rings. The maximum absolute atomic E-state index is 5.68. The van der Waals surface area contributed by atoms with Crippen molar-refractivity contribution < 1.29 is 4.74 Å². The molecular weight excluding hydrogens is 214 g/mol. The molecular formula is C13H17N3O. The van der Waals surface area contributed by atoms with Gasteiger partial charge in [0.15, 0.2) is 0 Å². The van der Waals surface area contributed by atoms with E-state index in [4.69, 9.17) is 10.5 Å². The Bertz CT molecular complexity index is 508. The van der Waals surface area contributed by atoms with Gasteiger partial charge in [0.05, 0.1) is 19.0 Å². The van der Waals surface area contributed by atoms with Crippen molar-refractivity contribution in [3.05, 3.63) is 35.0 Å². The Morgan fingerprint density at radius 1 is 1.29 bits per heavy atom. The van der Waals surface area contributed by atoms with Gasteiger partial charge in [0, 0.05) is 17.7 Å². The average molecular weight is 231 g/mol. The molecule has 0 aliphatic heterocycles. The molecule has 0 bridgehead atoms. The third-order valence-corrected chi connectivity index (χ3v) is 2.89. The fourth-order valence-electron chi connectivity index (χ4n) is 2.13. The normalized spacial score (nSPS) is 10.6. The number of aromatic nitrogens is 2. The second-order valence-corrected chi connectivity index (χ2v) is 4.12. The van der Waals surface area contributed by atoms with Crippen molar-refractivity contribution in [1.82, 2.24) is 10.2 Å². The van der Waals surface area contributed by atoms with Crippen LogP contribution in [0.15, 0.2) is 18.3 Å². The van der Waals surface area contributed by atoms with Crippen molar-refractivity contribution in [2.45, 2.75) is 20.4 Å². The second-order valence-electron chi connectivity index (χ2n) is 4.12. The second kappa shape index (κ2) is 4.59. The minimum Gasteiger partial charge on any atom is -0.496 e. The van der Waals surface area contributed by atoms with Crippen LogP contribution in [0.5, 0.6) is 5.75 Å². The maximum atomic E-state index is 5.68. The quantitative estimate of drug-likeness (QED) is 0.850. The van der Waals surface area contributed by atoms with Crippen LogP contribution in [0.25, 0.3) is 11.3 Å². The molecule has 0 aliphatic rings. The minimum absolute atomic E-state index is 0.482. The van der Waals surface area contributed by atoms with Gasteiger partial charge < -0.3 is 10.5 Å². The summed E-state index contributed by atoms with van der Waals surface area (Å²) >= 11 is 0. The largest absolute Gasteiger partial charge is 0.496 e. The third kappa shape index (κ3) is 2.03. The van der Waals surface area contributed by atoms with Gasteiger partial charge in [0.2, 0.25) is 0 Å². The number of ether oxygens (including phenoxy) is 1. The van der Waals surface area contributed by atoms with E-state index in [1.165, 1.54) is 0 Å². The van der Waals surface area contributed by atoms with Crippen molar-refractivity contribution in [3.63, 3.8) is 0 Å². The standard InChI is InChI=1S/C13H17N3O/c1-8-4-10(5-9(2)13(8)17-3)12-11(6-14)7-15-16-12/h4-5,7H,6,14H2,1-3H3,(H,15,16). The molecule has 4 heteroatoms. The lowest BCUT2D eigenvalue weighted by Crippen LogP contribution is -1.98. The van der Waals surface area contributed by atoms with Crippen LogP contribution in [0.4, 0.5) is 0 Å². The molecule has 4 nitrogen and oxygen atoms in total. The zero-order valence-corrected chi connectivity index (χ0v) is 10.4. The number of aryl methyl sites for hydroxylation is 2. The Kier molecular flexibility index (Phi) is 3.15. The van der Waals surface area contributed by atoms with Crippen LogP contribution in [0.1, 0.15) is 16.7 Å². The first-order chi connectivity index (χ1) is 8.17. The number of nitrogens with two attached hydrogens (primary N) is 1. The van der Waals surface area contributed by atoms with E-state index in [0.29, 0.717) is 6.54 Å². The number of H-pyrrole nitrogens is 1. The van der Waals surface area contributed by atoms with Gasteiger partial charge in [-0.25, -0.2) is 0 Å². The van der Waals surface area contributed by atoms with Crippen molar-refractivity contribution in [2.75, 3.05) is 7.11 Å². The van der Waals surface area contributed by atoms with E-state index in [-0.39, 0.29) is 0 Å². The summed E-state index contributed by atoms with van der Waals surface area (Å²) in [4.78, 5) is 0. The van der Waals surface area contributed by atoms with Crippen LogP contribution in [-0.2, 0) is 6.54 Å². The van der Waals surface area contributed by atoms with Crippen LogP contribution in [0.2, 0.25) is 0 Å². The molecule has 1 heterocycles. The number of aromatic amines is 1. The lowest BCUT2D eigenvalue weighted by atomic mass is 10.0. The van der Waals surface area contributed by atoms with Gasteiger partial charge in [-0.15, -0.1) is 0 Å². The summed E-state index contributed by atoms with van der Waals surface area (Å²) < 4.78 is 5.35. The van der Waals surface area contributed by atoms with E-state index in [2.05, 4.69) is 22.3 Å². The molecule has 0 aliphatic carbocycles. The highest BCUT2D eigenvalue weighted by Gasteiger charge is 2.10. The summed E-state index contributed by atoms with van der Waals surface area (Å²) in [6.07, 6.45) is 1.77. The van der Waals surface area contributed by atoms with E-state index in [1.807, 2.05) is 13.8 Å². The summed E-state index contributed by atoms with van der Waals surface area (Å²) in [5, 5.41) is 7.03. The Hall–Kier alpha value is -1.81. The highest BCUT2D eigenvalue weighted by atomic mass is 16.5. The third-order valence-electron chi connectivity index (χ3n) is 2.89. The number of nitrogens with one attached hydrogen (secondary N) is 1. The minimum atomic E-state index is 0.482. The zero-order chi connectivity index (χ0) is 12.4. The highest BCUT2D eigenvalue weighted by Crippen LogP contribution is 2.30. The van der Waals surface area contributed by atoms with Crippen molar-refractivity contribution in [3.8, 4) is 17.0 Å². The summed E-state index contributed by atoms with van der Waals surface area (Å²) in [5.41, 5.74) is 11.0. The monoisotopic (exact) mass is 231 g/mol. The van der Waals surface area contributed by atoms with Crippen LogP contribution in [0, 0.1) is 13.8 Å². The maximum Gasteiger partial charge on any atom is 0.124 e. The summed E-state index contributed by atoms with van der Waals surface area (Å²) in [6.45, 7) is 4.55. The Labute approximate surface area is 101 Å². The highest BCUT2D eigenvalue weighted by molar-refractivity contribution is 5.66. The van der Waals surface area contributed by atoms with E-state index in [9.17, 15) is 0 Å².